The van der Waals surface area contributed by atoms with E-state index in [-0.39, 0.29) is 17.2 Å². The number of hydrogen-bond acceptors (Lipinski definition) is 4. The quantitative estimate of drug-likeness (QED) is 0.750. The summed E-state index contributed by atoms with van der Waals surface area (Å²) in [6.45, 7) is 2.50. The van der Waals surface area contributed by atoms with Gasteiger partial charge in [0.1, 0.15) is 0 Å². The molecule has 1 amide bonds. The second kappa shape index (κ2) is 6.13. The molecule has 1 atom stereocenters. The molecule has 1 aliphatic heterocycles. The maximum Gasteiger partial charge on any atom is 0.229 e. The van der Waals surface area contributed by atoms with Crippen LogP contribution in [0.25, 0.3) is 0 Å². The fourth-order valence-electron chi connectivity index (χ4n) is 3.41. The highest BCUT2D eigenvalue weighted by Crippen LogP contribution is 2.58. The summed E-state index contributed by atoms with van der Waals surface area (Å²) < 4.78 is 24.7. The Morgan fingerprint density at radius 2 is 1.91 bits per heavy atom. The highest BCUT2D eigenvalue weighted by Gasteiger charge is 2.57. The molecule has 1 aromatic carbocycles. The monoisotopic (exact) mass is 337 g/mol. The highest BCUT2D eigenvalue weighted by molar-refractivity contribution is 7.92. The Kier molecular flexibility index (Phi) is 4.33. The lowest BCUT2D eigenvalue weighted by atomic mass is 9.92. The lowest BCUT2D eigenvalue weighted by Crippen LogP contribution is -2.33. The van der Waals surface area contributed by atoms with Gasteiger partial charge in [0.25, 0.3) is 0 Å². The zero-order chi connectivity index (χ0) is 16.5. The fraction of sp³-hybridized carbons (Fsp3) is 0.562. The number of benzene rings is 1. The van der Waals surface area contributed by atoms with E-state index in [9.17, 15) is 13.2 Å². The normalized spacial score (nSPS) is 22.6. The summed E-state index contributed by atoms with van der Waals surface area (Å²) in [5.41, 5.74) is 1.73. The molecule has 2 fully saturated rings. The van der Waals surface area contributed by atoms with Gasteiger partial charge < -0.3 is 10.6 Å². The van der Waals surface area contributed by atoms with Gasteiger partial charge in [-0.15, -0.1) is 0 Å². The van der Waals surface area contributed by atoms with E-state index >= 15 is 0 Å². The summed E-state index contributed by atoms with van der Waals surface area (Å²) in [6.07, 6.45) is 4.32. The van der Waals surface area contributed by atoms with E-state index in [0.717, 1.165) is 44.2 Å². The Morgan fingerprint density at radius 1 is 1.26 bits per heavy atom. The van der Waals surface area contributed by atoms with E-state index in [1.807, 2.05) is 12.1 Å². The number of anilines is 1. The number of hydrogen-bond donors (Lipinski definition) is 3. The van der Waals surface area contributed by atoms with Gasteiger partial charge in [-0.2, -0.15) is 0 Å². The largest absolute Gasteiger partial charge is 0.352 e. The molecular weight excluding hydrogens is 314 g/mol. The summed E-state index contributed by atoms with van der Waals surface area (Å²) >= 11 is 0. The van der Waals surface area contributed by atoms with Crippen LogP contribution in [0.2, 0.25) is 0 Å². The predicted octanol–water partition coefficient (Wildman–Crippen LogP) is 1.06. The van der Waals surface area contributed by atoms with Gasteiger partial charge in [0.2, 0.25) is 15.9 Å². The van der Waals surface area contributed by atoms with Crippen molar-refractivity contribution in [3.8, 4) is 0 Å². The van der Waals surface area contributed by atoms with E-state index in [1.165, 1.54) is 0 Å². The lowest BCUT2D eigenvalue weighted by molar-refractivity contribution is -0.123. The van der Waals surface area contributed by atoms with E-state index in [4.69, 9.17) is 0 Å². The first kappa shape index (κ1) is 16.3. The second-order valence-electron chi connectivity index (χ2n) is 6.66. The van der Waals surface area contributed by atoms with Crippen molar-refractivity contribution in [2.75, 3.05) is 24.1 Å². The molecule has 1 saturated heterocycles. The van der Waals surface area contributed by atoms with E-state index in [1.54, 1.807) is 12.1 Å². The lowest BCUT2D eigenvalue weighted by Gasteiger charge is -2.23. The number of carbonyl (C=O) groups excluding carboxylic acids is 1. The number of nitrogens with one attached hydrogen (secondary N) is 3. The standard InChI is InChI=1S/C16H23N3O3S/c1-23(21,22)19-13-4-2-12(3-5-13)11-18-15(20)14-10-16(14)6-8-17-9-7-16/h2-5,14,17,19H,6-11H2,1H3,(H,18,20). The molecule has 0 bridgehead atoms. The smallest absolute Gasteiger partial charge is 0.229 e. The summed E-state index contributed by atoms with van der Waals surface area (Å²) in [7, 11) is -3.26. The molecule has 23 heavy (non-hydrogen) atoms. The van der Waals surface area contributed by atoms with E-state index in [2.05, 4.69) is 15.4 Å². The molecule has 1 spiro atoms. The zero-order valence-electron chi connectivity index (χ0n) is 13.3. The van der Waals surface area contributed by atoms with Crippen molar-refractivity contribution in [2.24, 2.45) is 11.3 Å². The van der Waals surface area contributed by atoms with Crippen LogP contribution >= 0.6 is 0 Å². The molecular formula is C16H23N3O3S. The van der Waals surface area contributed by atoms with Crippen LogP contribution in [0.3, 0.4) is 0 Å². The SMILES string of the molecule is CS(=O)(=O)Nc1ccc(CNC(=O)C2CC23CCNCC3)cc1. The topological polar surface area (TPSA) is 87.3 Å². The van der Waals surface area contributed by atoms with Gasteiger partial charge in [0.15, 0.2) is 0 Å². The minimum Gasteiger partial charge on any atom is -0.352 e. The van der Waals surface area contributed by atoms with Crippen molar-refractivity contribution < 1.29 is 13.2 Å². The van der Waals surface area contributed by atoms with Gasteiger partial charge in [-0.25, -0.2) is 8.42 Å². The molecule has 2 aliphatic rings. The first-order valence-electron chi connectivity index (χ1n) is 7.93. The molecule has 1 aromatic rings. The Labute approximate surface area is 137 Å². The van der Waals surface area contributed by atoms with Gasteiger partial charge >= 0.3 is 0 Å². The molecule has 1 unspecified atom stereocenters. The summed E-state index contributed by atoms with van der Waals surface area (Å²) in [6, 6.07) is 7.05. The van der Waals surface area contributed by atoms with E-state index < -0.39 is 10.0 Å². The second-order valence-corrected chi connectivity index (χ2v) is 8.41. The van der Waals surface area contributed by atoms with Crippen molar-refractivity contribution in [1.29, 1.82) is 0 Å². The molecule has 3 N–H and O–H groups in total. The third kappa shape index (κ3) is 4.03. The molecule has 7 heteroatoms. The number of carbonyl (C=O) groups is 1. The zero-order valence-corrected chi connectivity index (χ0v) is 14.1. The van der Waals surface area contributed by atoms with Crippen LogP contribution < -0.4 is 15.4 Å². The maximum absolute atomic E-state index is 12.3. The Morgan fingerprint density at radius 3 is 2.52 bits per heavy atom. The van der Waals surface area contributed by atoms with Crippen molar-refractivity contribution >= 4 is 21.6 Å². The Hall–Kier alpha value is -1.60. The van der Waals surface area contributed by atoms with Crippen molar-refractivity contribution in [3.05, 3.63) is 29.8 Å². The highest BCUT2D eigenvalue weighted by atomic mass is 32.2. The number of sulfonamides is 1. The van der Waals surface area contributed by atoms with Crippen LogP contribution in [0.4, 0.5) is 5.69 Å². The number of rotatable bonds is 5. The van der Waals surface area contributed by atoms with Crippen LogP contribution in [0.5, 0.6) is 0 Å². The Balaban J connectivity index is 1.50. The first-order chi connectivity index (χ1) is 10.9. The van der Waals surface area contributed by atoms with Crippen LogP contribution in [-0.4, -0.2) is 33.7 Å². The van der Waals surface area contributed by atoms with Crippen LogP contribution in [0, 0.1) is 11.3 Å². The van der Waals surface area contributed by atoms with Crippen molar-refractivity contribution in [1.82, 2.24) is 10.6 Å². The van der Waals surface area contributed by atoms with Crippen LogP contribution in [0.1, 0.15) is 24.8 Å². The molecule has 1 heterocycles. The molecule has 126 valence electrons. The van der Waals surface area contributed by atoms with E-state index in [0.29, 0.717) is 12.2 Å². The molecule has 6 nitrogen and oxygen atoms in total. The average Bonchev–Trinajstić information content (AvgIpc) is 3.19. The van der Waals surface area contributed by atoms with Gasteiger partial charge in [-0.1, -0.05) is 12.1 Å². The summed E-state index contributed by atoms with van der Waals surface area (Å²) in [5.74, 6) is 0.306. The summed E-state index contributed by atoms with van der Waals surface area (Å²) in [4.78, 5) is 12.3. The van der Waals surface area contributed by atoms with Crippen molar-refractivity contribution in [3.63, 3.8) is 0 Å². The van der Waals surface area contributed by atoms with Gasteiger partial charge in [0, 0.05) is 18.2 Å². The average molecular weight is 337 g/mol. The molecule has 0 aromatic heterocycles. The van der Waals surface area contributed by atoms with Crippen molar-refractivity contribution in [2.45, 2.75) is 25.8 Å². The number of piperidine rings is 1. The Bertz CT molecular complexity index is 679. The molecule has 1 saturated carbocycles. The van der Waals surface area contributed by atoms with Gasteiger partial charge in [0.05, 0.1) is 6.26 Å². The minimum absolute atomic E-state index is 0.144. The van der Waals surface area contributed by atoms with Gasteiger partial charge in [-0.3, -0.25) is 9.52 Å². The fourth-order valence-corrected chi connectivity index (χ4v) is 3.98. The third-order valence-corrected chi connectivity index (χ3v) is 5.44. The van der Waals surface area contributed by atoms with Crippen LogP contribution in [-0.2, 0) is 21.4 Å². The predicted molar refractivity (Wildman–Crippen MR) is 89.4 cm³/mol. The first-order valence-corrected chi connectivity index (χ1v) is 9.82. The van der Waals surface area contributed by atoms with Gasteiger partial charge in [-0.05, 0) is 55.5 Å². The molecule has 0 radical (unpaired) electrons. The number of amides is 1. The maximum atomic E-state index is 12.3. The molecule has 1 aliphatic carbocycles. The van der Waals surface area contributed by atoms with Crippen LogP contribution in [0.15, 0.2) is 24.3 Å². The minimum atomic E-state index is -3.26. The third-order valence-electron chi connectivity index (χ3n) is 4.83. The summed E-state index contributed by atoms with van der Waals surface area (Å²) in [5, 5.41) is 6.34. The molecule has 3 rings (SSSR count).